The molecule has 0 atom stereocenters. The van der Waals surface area contributed by atoms with Crippen LogP contribution in [0.15, 0.2) is 42.7 Å². The van der Waals surface area contributed by atoms with Crippen LogP contribution < -0.4 is 5.48 Å². The van der Waals surface area contributed by atoms with E-state index in [9.17, 15) is 9.18 Å². The molecule has 0 aliphatic rings. The van der Waals surface area contributed by atoms with Gasteiger partial charge in [0.15, 0.2) is 0 Å². The third-order valence-electron chi connectivity index (χ3n) is 3.83. The SMILES string of the molecule is Cc1ccc(Cn2c(C(=O)NOCCO)cc3ccncc32)c(F)c1. The number of amides is 1. The Morgan fingerprint density at radius 2 is 2.20 bits per heavy atom. The summed E-state index contributed by atoms with van der Waals surface area (Å²) in [6, 6.07) is 8.47. The number of hydrogen-bond acceptors (Lipinski definition) is 4. The molecule has 2 N–H and O–H groups in total. The van der Waals surface area contributed by atoms with Gasteiger partial charge in [0.05, 0.1) is 31.5 Å². The molecule has 1 amide bonds. The third-order valence-corrected chi connectivity index (χ3v) is 3.83. The Kier molecular flexibility index (Phi) is 5.06. The van der Waals surface area contributed by atoms with E-state index in [1.54, 1.807) is 35.2 Å². The van der Waals surface area contributed by atoms with Gasteiger partial charge in [0.25, 0.3) is 5.91 Å². The van der Waals surface area contributed by atoms with Crippen LogP contribution in [0.3, 0.4) is 0 Å². The Balaban J connectivity index is 1.99. The number of aryl methyl sites for hydroxylation is 1. The molecule has 25 heavy (non-hydrogen) atoms. The second-order valence-electron chi connectivity index (χ2n) is 5.65. The summed E-state index contributed by atoms with van der Waals surface area (Å²) in [5.41, 5.74) is 4.61. The normalized spacial score (nSPS) is 11.0. The third kappa shape index (κ3) is 3.67. The monoisotopic (exact) mass is 343 g/mol. The predicted octanol–water partition coefficient (Wildman–Crippen LogP) is 2.19. The van der Waals surface area contributed by atoms with Gasteiger partial charge in [-0.05, 0) is 30.7 Å². The van der Waals surface area contributed by atoms with Crippen molar-refractivity contribution in [1.82, 2.24) is 15.0 Å². The minimum Gasteiger partial charge on any atom is -0.394 e. The summed E-state index contributed by atoms with van der Waals surface area (Å²) >= 11 is 0. The van der Waals surface area contributed by atoms with Gasteiger partial charge in [-0.3, -0.25) is 14.6 Å². The van der Waals surface area contributed by atoms with Crippen LogP contribution in [0.2, 0.25) is 0 Å². The molecular formula is C18H18FN3O3. The first-order valence-corrected chi connectivity index (χ1v) is 7.81. The molecule has 7 heteroatoms. The summed E-state index contributed by atoms with van der Waals surface area (Å²) in [7, 11) is 0. The highest BCUT2D eigenvalue weighted by Crippen LogP contribution is 2.22. The van der Waals surface area contributed by atoms with Crippen LogP contribution in [0.4, 0.5) is 4.39 Å². The Hall–Kier alpha value is -2.77. The molecule has 0 saturated heterocycles. The van der Waals surface area contributed by atoms with E-state index in [2.05, 4.69) is 10.5 Å². The van der Waals surface area contributed by atoms with E-state index in [0.29, 0.717) is 11.3 Å². The van der Waals surface area contributed by atoms with E-state index in [1.165, 1.54) is 6.07 Å². The van der Waals surface area contributed by atoms with Gasteiger partial charge in [-0.1, -0.05) is 12.1 Å². The van der Waals surface area contributed by atoms with E-state index >= 15 is 0 Å². The number of halogens is 1. The van der Waals surface area contributed by atoms with Crippen molar-refractivity contribution in [2.45, 2.75) is 13.5 Å². The van der Waals surface area contributed by atoms with Crippen LogP contribution in [0.5, 0.6) is 0 Å². The summed E-state index contributed by atoms with van der Waals surface area (Å²) < 4.78 is 15.9. The topological polar surface area (TPSA) is 76.4 Å². The lowest BCUT2D eigenvalue weighted by Crippen LogP contribution is -2.27. The number of nitrogens with zero attached hydrogens (tertiary/aromatic N) is 2. The Morgan fingerprint density at radius 1 is 1.36 bits per heavy atom. The largest absolute Gasteiger partial charge is 0.394 e. The van der Waals surface area contributed by atoms with Crippen LogP contribution in [0, 0.1) is 12.7 Å². The number of rotatable bonds is 6. The lowest BCUT2D eigenvalue weighted by molar-refractivity contribution is 0.0162. The maximum absolute atomic E-state index is 14.2. The molecule has 2 aromatic heterocycles. The van der Waals surface area contributed by atoms with Gasteiger partial charge in [-0.2, -0.15) is 0 Å². The highest BCUT2D eigenvalue weighted by Gasteiger charge is 2.17. The van der Waals surface area contributed by atoms with Gasteiger partial charge in [-0.25, -0.2) is 9.87 Å². The molecule has 0 bridgehead atoms. The van der Waals surface area contributed by atoms with Crippen molar-refractivity contribution >= 4 is 16.8 Å². The average Bonchev–Trinajstić information content (AvgIpc) is 2.96. The second-order valence-corrected chi connectivity index (χ2v) is 5.65. The van der Waals surface area contributed by atoms with E-state index in [-0.39, 0.29) is 25.6 Å². The molecule has 6 nitrogen and oxygen atoms in total. The Labute approximate surface area is 143 Å². The van der Waals surface area contributed by atoms with Gasteiger partial charge in [0.1, 0.15) is 11.5 Å². The number of benzene rings is 1. The van der Waals surface area contributed by atoms with Gasteiger partial charge >= 0.3 is 0 Å². The van der Waals surface area contributed by atoms with Crippen LogP contribution >= 0.6 is 0 Å². The van der Waals surface area contributed by atoms with Crippen LogP contribution in [0.1, 0.15) is 21.6 Å². The minimum atomic E-state index is -0.475. The highest BCUT2D eigenvalue weighted by molar-refractivity contribution is 5.98. The van der Waals surface area contributed by atoms with Crippen LogP contribution in [-0.4, -0.2) is 33.8 Å². The molecule has 130 valence electrons. The molecule has 3 rings (SSSR count). The molecule has 2 heterocycles. The highest BCUT2D eigenvalue weighted by atomic mass is 19.1. The number of aromatic nitrogens is 2. The fraction of sp³-hybridized carbons (Fsp3) is 0.222. The molecule has 0 saturated carbocycles. The number of fused-ring (bicyclic) bond motifs is 1. The van der Waals surface area contributed by atoms with E-state index < -0.39 is 5.91 Å². The predicted molar refractivity (Wildman–Crippen MR) is 90.5 cm³/mol. The number of pyridine rings is 1. The molecule has 0 radical (unpaired) electrons. The fourth-order valence-electron chi connectivity index (χ4n) is 2.62. The molecule has 0 aliphatic heterocycles. The summed E-state index contributed by atoms with van der Waals surface area (Å²) in [6.45, 7) is 1.78. The average molecular weight is 343 g/mol. The fourth-order valence-corrected chi connectivity index (χ4v) is 2.62. The van der Waals surface area contributed by atoms with Crippen molar-refractivity contribution in [3.05, 3.63) is 65.4 Å². The van der Waals surface area contributed by atoms with Crippen molar-refractivity contribution < 1.29 is 19.1 Å². The first-order valence-electron chi connectivity index (χ1n) is 7.81. The molecule has 0 spiro atoms. The molecule has 3 aromatic rings. The van der Waals surface area contributed by atoms with Gasteiger partial charge in [0, 0.05) is 17.1 Å². The van der Waals surface area contributed by atoms with Crippen LogP contribution in [0.25, 0.3) is 10.9 Å². The van der Waals surface area contributed by atoms with Gasteiger partial charge in [-0.15, -0.1) is 0 Å². The number of nitrogens with one attached hydrogen (secondary N) is 1. The van der Waals surface area contributed by atoms with Crippen molar-refractivity contribution in [2.24, 2.45) is 0 Å². The zero-order valence-electron chi connectivity index (χ0n) is 13.7. The van der Waals surface area contributed by atoms with Gasteiger partial charge in [0.2, 0.25) is 0 Å². The number of carbonyl (C=O) groups excluding carboxylic acids is 1. The minimum absolute atomic E-state index is 0.0138. The number of aliphatic hydroxyl groups is 1. The summed E-state index contributed by atoms with van der Waals surface area (Å²) in [6.07, 6.45) is 3.26. The zero-order chi connectivity index (χ0) is 17.8. The first kappa shape index (κ1) is 17.1. The number of hydrogen-bond donors (Lipinski definition) is 2. The quantitative estimate of drug-likeness (QED) is 0.531. The maximum Gasteiger partial charge on any atom is 0.291 e. The smallest absolute Gasteiger partial charge is 0.291 e. The summed E-state index contributed by atoms with van der Waals surface area (Å²) in [4.78, 5) is 21.4. The standard InChI is InChI=1S/C18H18FN3O3/c1-12-2-3-14(15(19)8-12)11-22-16(18(24)21-25-7-6-23)9-13-4-5-20-10-17(13)22/h2-5,8-10,23H,6-7,11H2,1H3,(H,21,24). The van der Waals surface area contributed by atoms with E-state index in [0.717, 1.165) is 16.5 Å². The lowest BCUT2D eigenvalue weighted by atomic mass is 10.1. The molecule has 0 unspecified atom stereocenters. The zero-order valence-corrected chi connectivity index (χ0v) is 13.7. The van der Waals surface area contributed by atoms with Gasteiger partial charge < -0.3 is 9.67 Å². The van der Waals surface area contributed by atoms with Crippen molar-refractivity contribution in [1.29, 1.82) is 0 Å². The van der Waals surface area contributed by atoms with E-state index in [4.69, 9.17) is 9.94 Å². The van der Waals surface area contributed by atoms with Crippen LogP contribution in [-0.2, 0) is 11.4 Å². The van der Waals surface area contributed by atoms with Crippen molar-refractivity contribution in [2.75, 3.05) is 13.2 Å². The van der Waals surface area contributed by atoms with Crippen molar-refractivity contribution in [3.63, 3.8) is 0 Å². The summed E-state index contributed by atoms with van der Waals surface area (Å²) in [5, 5.41) is 9.55. The lowest BCUT2D eigenvalue weighted by Gasteiger charge is -2.12. The number of aliphatic hydroxyl groups excluding tert-OH is 1. The second kappa shape index (κ2) is 7.42. The Morgan fingerprint density at radius 3 is 2.96 bits per heavy atom. The van der Waals surface area contributed by atoms with E-state index in [1.807, 2.05) is 13.0 Å². The first-order chi connectivity index (χ1) is 12.1. The molecular weight excluding hydrogens is 325 g/mol. The molecule has 0 fully saturated rings. The van der Waals surface area contributed by atoms with Crippen molar-refractivity contribution in [3.8, 4) is 0 Å². The molecule has 0 aliphatic carbocycles. The Bertz CT molecular complexity index is 908. The number of hydroxylamine groups is 1. The maximum atomic E-state index is 14.2. The number of carbonyl (C=O) groups is 1. The summed E-state index contributed by atoms with van der Waals surface area (Å²) in [5.74, 6) is -0.800. The molecule has 1 aromatic carbocycles.